The number of nitrogens with zero attached hydrogens (tertiary/aromatic N) is 1. The van der Waals surface area contributed by atoms with Crippen LogP contribution < -0.4 is 4.72 Å². The molecule has 1 aliphatic heterocycles. The van der Waals surface area contributed by atoms with Crippen LogP contribution in [0.25, 0.3) is 10.9 Å². The molecule has 130 valence electrons. The van der Waals surface area contributed by atoms with Crippen LogP contribution in [0, 0.1) is 0 Å². The van der Waals surface area contributed by atoms with E-state index in [0.717, 1.165) is 16.5 Å². The maximum atomic E-state index is 12.5. The Kier molecular flexibility index (Phi) is 4.91. The van der Waals surface area contributed by atoms with Crippen LogP contribution in [0.15, 0.2) is 30.5 Å². The number of aromatic nitrogens is 1. The Morgan fingerprint density at radius 2 is 2.00 bits per heavy atom. The molecule has 1 saturated heterocycles. The molecule has 1 aromatic heterocycles. The van der Waals surface area contributed by atoms with Gasteiger partial charge in [-0.3, -0.25) is 4.79 Å². The van der Waals surface area contributed by atoms with Crippen LogP contribution in [0.4, 0.5) is 0 Å². The first-order chi connectivity index (χ1) is 11.5. The van der Waals surface area contributed by atoms with Crippen LogP contribution in [-0.2, 0) is 21.2 Å². The molecule has 1 amide bonds. The predicted molar refractivity (Wildman–Crippen MR) is 94.2 cm³/mol. The lowest BCUT2D eigenvalue weighted by atomic mass is 10.0. The normalized spacial score (nSPS) is 16.6. The van der Waals surface area contributed by atoms with Crippen LogP contribution in [0.2, 0.25) is 0 Å². The molecule has 2 heterocycles. The van der Waals surface area contributed by atoms with Crippen molar-refractivity contribution >= 4 is 26.8 Å². The van der Waals surface area contributed by atoms with E-state index in [1.54, 1.807) is 6.92 Å². The number of hydrogen-bond donors (Lipinski definition) is 2. The molecule has 2 N–H and O–H groups in total. The number of benzene rings is 1. The smallest absolute Gasteiger partial charge is 0.227 e. The lowest BCUT2D eigenvalue weighted by Gasteiger charge is -2.32. The quantitative estimate of drug-likeness (QED) is 0.861. The fraction of sp³-hybridized carbons (Fsp3) is 0.471. The minimum atomic E-state index is -3.18. The van der Waals surface area contributed by atoms with Crippen LogP contribution in [0.5, 0.6) is 0 Å². The number of aromatic amines is 1. The zero-order valence-corrected chi connectivity index (χ0v) is 14.6. The molecule has 1 aromatic carbocycles. The minimum Gasteiger partial charge on any atom is -0.361 e. The first-order valence-corrected chi connectivity index (χ1v) is 9.96. The van der Waals surface area contributed by atoms with Gasteiger partial charge >= 0.3 is 0 Å². The molecule has 24 heavy (non-hydrogen) atoms. The summed E-state index contributed by atoms with van der Waals surface area (Å²) in [6, 6.07) is 7.88. The van der Waals surface area contributed by atoms with Gasteiger partial charge in [0.1, 0.15) is 0 Å². The molecule has 0 bridgehead atoms. The Hall–Kier alpha value is -1.86. The molecule has 3 rings (SSSR count). The standard InChI is InChI=1S/C17H23N3O3S/c1-2-24(22,23)19-14-7-9-20(10-8-14)17(21)11-13-12-18-16-6-4-3-5-15(13)16/h3-6,12,14,18-19H,2,7-11H2,1H3. The van der Waals surface area contributed by atoms with E-state index in [1.165, 1.54) is 0 Å². The van der Waals surface area contributed by atoms with Crippen molar-refractivity contribution in [2.45, 2.75) is 32.2 Å². The number of sulfonamides is 1. The largest absolute Gasteiger partial charge is 0.361 e. The summed E-state index contributed by atoms with van der Waals surface area (Å²) in [6.07, 6.45) is 3.60. The van der Waals surface area contributed by atoms with Gasteiger partial charge in [0.15, 0.2) is 0 Å². The number of rotatable bonds is 5. The van der Waals surface area contributed by atoms with Gasteiger partial charge in [-0.1, -0.05) is 18.2 Å². The zero-order valence-electron chi connectivity index (χ0n) is 13.8. The van der Waals surface area contributed by atoms with E-state index in [-0.39, 0.29) is 17.7 Å². The van der Waals surface area contributed by atoms with Crippen LogP contribution in [-0.4, -0.2) is 49.1 Å². The van der Waals surface area contributed by atoms with Gasteiger partial charge in [-0.2, -0.15) is 0 Å². The summed E-state index contributed by atoms with van der Waals surface area (Å²) >= 11 is 0. The molecule has 0 unspecified atom stereocenters. The van der Waals surface area contributed by atoms with Crippen molar-refractivity contribution in [3.8, 4) is 0 Å². The number of carbonyl (C=O) groups excluding carboxylic acids is 1. The molecule has 2 aromatic rings. The SMILES string of the molecule is CCS(=O)(=O)NC1CCN(C(=O)Cc2c[nH]c3ccccc23)CC1. The maximum absolute atomic E-state index is 12.5. The van der Waals surface area contributed by atoms with Crippen molar-refractivity contribution in [2.75, 3.05) is 18.8 Å². The van der Waals surface area contributed by atoms with E-state index in [9.17, 15) is 13.2 Å². The van der Waals surface area contributed by atoms with Crippen molar-refractivity contribution in [1.82, 2.24) is 14.6 Å². The highest BCUT2D eigenvalue weighted by Crippen LogP contribution is 2.20. The average molecular weight is 349 g/mol. The van der Waals surface area contributed by atoms with Gasteiger partial charge in [-0.15, -0.1) is 0 Å². The summed E-state index contributed by atoms with van der Waals surface area (Å²) in [5, 5.41) is 1.08. The fourth-order valence-corrected chi connectivity index (χ4v) is 4.05. The summed E-state index contributed by atoms with van der Waals surface area (Å²) < 4.78 is 26.0. The van der Waals surface area contributed by atoms with Gasteiger partial charge in [-0.05, 0) is 31.4 Å². The zero-order chi connectivity index (χ0) is 17.2. The Morgan fingerprint density at radius 1 is 1.29 bits per heavy atom. The Bertz CT molecular complexity index is 820. The van der Waals surface area contributed by atoms with Crippen molar-refractivity contribution < 1.29 is 13.2 Å². The van der Waals surface area contributed by atoms with E-state index in [2.05, 4.69) is 9.71 Å². The van der Waals surface area contributed by atoms with E-state index >= 15 is 0 Å². The maximum Gasteiger partial charge on any atom is 0.227 e. The number of carbonyl (C=O) groups is 1. The third-order valence-corrected chi connectivity index (χ3v) is 6.04. The predicted octanol–water partition coefficient (Wildman–Crippen LogP) is 1.64. The van der Waals surface area contributed by atoms with Gasteiger partial charge in [0.2, 0.25) is 15.9 Å². The highest BCUT2D eigenvalue weighted by molar-refractivity contribution is 7.89. The molecule has 0 spiro atoms. The number of nitrogens with one attached hydrogen (secondary N) is 2. The summed E-state index contributed by atoms with van der Waals surface area (Å²) in [5.41, 5.74) is 2.04. The minimum absolute atomic E-state index is 0.0629. The highest BCUT2D eigenvalue weighted by Gasteiger charge is 2.25. The lowest BCUT2D eigenvalue weighted by molar-refractivity contribution is -0.131. The second-order valence-electron chi connectivity index (χ2n) is 6.21. The number of likely N-dealkylation sites (tertiary alicyclic amines) is 1. The second-order valence-corrected chi connectivity index (χ2v) is 8.26. The summed E-state index contributed by atoms with van der Waals surface area (Å²) in [7, 11) is -3.18. The Labute approximate surface area is 142 Å². The number of amides is 1. The lowest BCUT2D eigenvalue weighted by Crippen LogP contribution is -2.47. The number of piperidine rings is 1. The number of H-pyrrole nitrogens is 1. The number of para-hydroxylation sites is 1. The molecule has 0 saturated carbocycles. The van der Waals surface area contributed by atoms with Gasteiger partial charge < -0.3 is 9.88 Å². The van der Waals surface area contributed by atoms with Crippen LogP contribution in [0.3, 0.4) is 0 Å². The van der Waals surface area contributed by atoms with Crippen LogP contribution >= 0.6 is 0 Å². The van der Waals surface area contributed by atoms with Crippen molar-refractivity contribution in [2.24, 2.45) is 0 Å². The molecule has 6 nitrogen and oxygen atoms in total. The molecule has 0 radical (unpaired) electrons. The van der Waals surface area contributed by atoms with Crippen LogP contribution in [0.1, 0.15) is 25.3 Å². The first kappa shape index (κ1) is 17.0. The first-order valence-electron chi connectivity index (χ1n) is 8.31. The third kappa shape index (κ3) is 3.79. The fourth-order valence-electron chi connectivity index (χ4n) is 3.14. The molecule has 0 atom stereocenters. The van der Waals surface area contributed by atoms with Crippen molar-refractivity contribution in [3.63, 3.8) is 0 Å². The van der Waals surface area contributed by atoms with Crippen molar-refractivity contribution in [1.29, 1.82) is 0 Å². The molecule has 1 aliphatic rings. The van der Waals surface area contributed by atoms with Gasteiger partial charge in [-0.25, -0.2) is 13.1 Å². The van der Waals surface area contributed by atoms with Gasteiger partial charge in [0.05, 0.1) is 12.2 Å². The van der Waals surface area contributed by atoms with Gasteiger partial charge in [0.25, 0.3) is 0 Å². The molecular weight excluding hydrogens is 326 g/mol. The number of fused-ring (bicyclic) bond motifs is 1. The second kappa shape index (κ2) is 6.94. The summed E-state index contributed by atoms with van der Waals surface area (Å²) in [4.78, 5) is 17.6. The molecule has 7 heteroatoms. The Morgan fingerprint density at radius 3 is 2.71 bits per heavy atom. The average Bonchev–Trinajstić information content (AvgIpc) is 2.98. The van der Waals surface area contributed by atoms with E-state index in [0.29, 0.717) is 32.4 Å². The topological polar surface area (TPSA) is 82.3 Å². The monoisotopic (exact) mass is 349 g/mol. The third-order valence-electron chi connectivity index (χ3n) is 4.59. The molecule has 1 fully saturated rings. The summed E-state index contributed by atoms with van der Waals surface area (Å²) in [5.74, 6) is 0.184. The van der Waals surface area contributed by atoms with Gasteiger partial charge in [0, 0.05) is 36.2 Å². The molecule has 0 aliphatic carbocycles. The van der Waals surface area contributed by atoms with E-state index < -0.39 is 10.0 Å². The molecular formula is C17H23N3O3S. The van der Waals surface area contributed by atoms with Crippen molar-refractivity contribution in [3.05, 3.63) is 36.0 Å². The van der Waals surface area contributed by atoms with E-state index in [4.69, 9.17) is 0 Å². The van der Waals surface area contributed by atoms with E-state index in [1.807, 2.05) is 35.4 Å². The summed E-state index contributed by atoms with van der Waals surface area (Å²) in [6.45, 7) is 2.82. The Balaban J connectivity index is 1.58. The highest BCUT2D eigenvalue weighted by atomic mass is 32.2. The number of hydrogen-bond acceptors (Lipinski definition) is 3.